The quantitative estimate of drug-likeness (QED) is 0.802. The van der Waals surface area contributed by atoms with Crippen LogP contribution in [0.4, 0.5) is 5.95 Å². The van der Waals surface area contributed by atoms with Crippen molar-refractivity contribution >= 4 is 5.95 Å². The summed E-state index contributed by atoms with van der Waals surface area (Å²) in [6, 6.07) is 5.63. The Morgan fingerprint density at radius 3 is 2.94 bits per heavy atom. The minimum Gasteiger partial charge on any atom is -0.390 e. The summed E-state index contributed by atoms with van der Waals surface area (Å²) < 4.78 is 0. The predicted octanol–water partition coefficient (Wildman–Crippen LogP) is 1.02. The predicted molar refractivity (Wildman–Crippen MR) is 64.4 cm³/mol. The van der Waals surface area contributed by atoms with Gasteiger partial charge in [-0.1, -0.05) is 6.07 Å². The van der Waals surface area contributed by atoms with E-state index in [9.17, 15) is 0 Å². The number of aromatic nitrogens is 3. The van der Waals surface area contributed by atoms with Gasteiger partial charge in [0.15, 0.2) is 0 Å². The van der Waals surface area contributed by atoms with E-state index in [0.717, 1.165) is 13.0 Å². The molecule has 0 saturated carbocycles. The number of nitrogens with one attached hydrogen (secondary N) is 1. The van der Waals surface area contributed by atoms with E-state index in [0.29, 0.717) is 11.6 Å². The van der Waals surface area contributed by atoms with Gasteiger partial charge >= 0.3 is 0 Å². The summed E-state index contributed by atoms with van der Waals surface area (Å²) in [5.41, 5.74) is 1.78. The lowest BCUT2D eigenvalue weighted by Gasteiger charge is -2.05. The highest BCUT2D eigenvalue weighted by molar-refractivity contribution is 5.25. The summed E-state index contributed by atoms with van der Waals surface area (Å²) in [4.78, 5) is 12.2. The Bertz CT molecular complexity index is 461. The molecule has 2 heterocycles. The Morgan fingerprint density at radius 2 is 2.18 bits per heavy atom. The van der Waals surface area contributed by atoms with Gasteiger partial charge in [-0.2, -0.15) is 0 Å². The van der Waals surface area contributed by atoms with Crippen molar-refractivity contribution < 1.29 is 5.11 Å². The molecule has 5 heteroatoms. The smallest absolute Gasteiger partial charge is 0.222 e. The average Bonchev–Trinajstić information content (AvgIpc) is 2.40. The van der Waals surface area contributed by atoms with Crippen LogP contribution in [0.5, 0.6) is 0 Å². The van der Waals surface area contributed by atoms with Gasteiger partial charge in [0.1, 0.15) is 0 Å². The lowest BCUT2D eigenvalue weighted by atomic mass is 10.2. The molecular weight excluding hydrogens is 216 g/mol. The minimum absolute atomic E-state index is 0.0696. The van der Waals surface area contributed by atoms with Crippen LogP contribution < -0.4 is 5.32 Å². The third-order valence-corrected chi connectivity index (χ3v) is 2.29. The van der Waals surface area contributed by atoms with E-state index in [4.69, 9.17) is 5.11 Å². The molecule has 0 atom stereocenters. The van der Waals surface area contributed by atoms with Crippen LogP contribution >= 0.6 is 0 Å². The average molecular weight is 230 g/mol. The first-order valence-corrected chi connectivity index (χ1v) is 5.44. The Balaban J connectivity index is 1.86. The Hall–Kier alpha value is -2.01. The highest BCUT2D eigenvalue weighted by atomic mass is 16.3. The van der Waals surface area contributed by atoms with Crippen molar-refractivity contribution in [3.8, 4) is 0 Å². The zero-order valence-electron chi connectivity index (χ0n) is 9.37. The first-order valence-electron chi connectivity index (χ1n) is 5.44. The molecule has 2 rings (SSSR count). The molecule has 0 spiro atoms. The molecule has 5 nitrogen and oxygen atoms in total. The number of aliphatic hydroxyl groups is 1. The fourth-order valence-electron chi connectivity index (χ4n) is 1.43. The molecule has 88 valence electrons. The van der Waals surface area contributed by atoms with Gasteiger partial charge in [-0.15, -0.1) is 0 Å². The Morgan fingerprint density at radius 1 is 1.24 bits per heavy atom. The second-order valence-corrected chi connectivity index (χ2v) is 3.57. The molecule has 17 heavy (non-hydrogen) atoms. The fourth-order valence-corrected chi connectivity index (χ4v) is 1.43. The summed E-state index contributed by atoms with van der Waals surface area (Å²) in [7, 11) is 0. The number of rotatable bonds is 5. The molecule has 0 saturated heterocycles. The summed E-state index contributed by atoms with van der Waals surface area (Å²) in [6.07, 6.45) is 6.09. The molecule has 0 aliphatic heterocycles. The summed E-state index contributed by atoms with van der Waals surface area (Å²) >= 11 is 0. The zero-order valence-corrected chi connectivity index (χ0v) is 9.37. The van der Waals surface area contributed by atoms with Crippen molar-refractivity contribution in [2.24, 2.45) is 0 Å². The van der Waals surface area contributed by atoms with Gasteiger partial charge in [0.25, 0.3) is 0 Å². The lowest BCUT2D eigenvalue weighted by Crippen LogP contribution is -2.08. The van der Waals surface area contributed by atoms with Gasteiger partial charge < -0.3 is 10.4 Å². The highest BCUT2D eigenvalue weighted by Gasteiger charge is 1.98. The number of anilines is 1. The second-order valence-electron chi connectivity index (χ2n) is 3.57. The van der Waals surface area contributed by atoms with Crippen molar-refractivity contribution in [2.45, 2.75) is 13.0 Å². The van der Waals surface area contributed by atoms with Crippen LogP contribution in [-0.2, 0) is 13.0 Å². The van der Waals surface area contributed by atoms with Gasteiger partial charge in [-0.3, -0.25) is 4.98 Å². The number of aliphatic hydroxyl groups excluding tert-OH is 1. The van der Waals surface area contributed by atoms with Gasteiger partial charge in [0.2, 0.25) is 5.95 Å². The van der Waals surface area contributed by atoms with Crippen molar-refractivity contribution in [3.63, 3.8) is 0 Å². The van der Waals surface area contributed by atoms with Crippen LogP contribution in [-0.4, -0.2) is 26.6 Å². The van der Waals surface area contributed by atoms with E-state index < -0.39 is 0 Å². The number of nitrogens with zero attached hydrogens (tertiary/aromatic N) is 3. The maximum Gasteiger partial charge on any atom is 0.222 e. The van der Waals surface area contributed by atoms with E-state index in [1.54, 1.807) is 18.5 Å². The minimum atomic E-state index is -0.0696. The Labute approximate surface area is 99.6 Å². The molecule has 0 radical (unpaired) electrons. The lowest BCUT2D eigenvalue weighted by molar-refractivity contribution is 0.277. The molecule has 0 aliphatic rings. The molecule has 2 aromatic rings. The largest absolute Gasteiger partial charge is 0.390 e. The summed E-state index contributed by atoms with van der Waals surface area (Å²) in [5.74, 6) is 0.542. The van der Waals surface area contributed by atoms with Crippen molar-refractivity contribution in [3.05, 3.63) is 48.0 Å². The third kappa shape index (κ3) is 3.49. The normalized spacial score (nSPS) is 10.2. The summed E-state index contributed by atoms with van der Waals surface area (Å²) in [5, 5.41) is 12.0. The molecule has 0 aliphatic carbocycles. The highest BCUT2D eigenvalue weighted by Crippen LogP contribution is 2.01. The second kappa shape index (κ2) is 5.91. The maximum atomic E-state index is 8.94. The first-order chi connectivity index (χ1) is 8.38. The van der Waals surface area contributed by atoms with E-state index in [1.807, 2.05) is 18.3 Å². The van der Waals surface area contributed by atoms with E-state index in [1.165, 1.54) is 5.56 Å². The van der Waals surface area contributed by atoms with Crippen LogP contribution in [0.3, 0.4) is 0 Å². The molecule has 0 unspecified atom stereocenters. The fraction of sp³-hybridized carbons (Fsp3) is 0.250. The van der Waals surface area contributed by atoms with Crippen molar-refractivity contribution in [1.82, 2.24) is 15.0 Å². The molecule has 0 bridgehead atoms. The van der Waals surface area contributed by atoms with Gasteiger partial charge in [0.05, 0.1) is 12.3 Å². The van der Waals surface area contributed by atoms with Crippen LogP contribution in [0.2, 0.25) is 0 Å². The van der Waals surface area contributed by atoms with Crippen LogP contribution in [0.15, 0.2) is 36.8 Å². The topological polar surface area (TPSA) is 70.9 Å². The van der Waals surface area contributed by atoms with Gasteiger partial charge in [-0.25, -0.2) is 9.97 Å². The number of hydrogen-bond acceptors (Lipinski definition) is 5. The summed E-state index contributed by atoms with van der Waals surface area (Å²) in [6.45, 7) is 0.667. The zero-order chi connectivity index (χ0) is 11.9. The van der Waals surface area contributed by atoms with Gasteiger partial charge in [-0.05, 0) is 24.1 Å². The number of hydrogen-bond donors (Lipinski definition) is 2. The third-order valence-electron chi connectivity index (χ3n) is 2.29. The van der Waals surface area contributed by atoms with Gasteiger partial charge in [0, 0.05) is 25.1 Å². The molecule has 2 aromatic heterocycles. The van der Waals surface area contributed by atoms with E-state index in [-0.39, 0.29) is 6.61 Å². The van der Waals surface area contributed by atoms with Crippen molar-refractivity contribution in [1.29, 1.82) is 0 Å². The molecule has 0 amide bonds. The first kappa shape index (κ1) is 11.5. The molecule has 0 fully saturated rings. The van der Waals surface area contributed by atoms with Crippen molar-refractivity contribution in [2.75, 3.05) is 11.9 Å². The molecule has 2 N–H and O–H groups in total. The molecular formula is C12H14N4O. The monoisotopic (exact) mass is 230 g/mol. The SMILES string of the molecule is OCc1ccnc(NCCc2cccnc2)n1. The van der Waals surface area contributed by atoms with Crippen LogP contribution in [0, 0.1) is 0 Å². The Kier molecular flexibility index (Phi) is 3.99. The maximum absolute atomic E-state index is 8.94. The van der Waals surface area contributed by atoms with E-state index >= 15 is 0 Å². The van der Waals surface area contributed by atoms with Crippen LogP contribution in [0.1, 0.15) is 11.3 Å². The standard InChI is InChI=1S/C12H14N4O/c17-9-11-4-7-15-12(16-11)14-6-3-10-2-1-5-13-8-10/h1-2,4-5,7-8,17H,3,6,9H2,(H,14,15,16). The van der Waals surface area contributed by atoms with E-state index in [2.05, 4.69) is 20.3 Å². The number of pyridine rings is 1. The van der Waals surface area contributed by atoms with Crippen LogP contribution in [0.25, 0.3) is 0 Å². The molecule has 0 aromatic carbocycles.